The topological polar surface area (TPSA) is 142 Å². The molecule has 13 heteroatoms. The number of nitrogen functional groups attached to an aromatic ring is 2. The standard InChI is InChI=1S/C15H13BF2N8.C8H14O.C2H7N/c1-6-21-9-3-2-8(22-14(9)25(6)5-11(17)18)7-4-10(16)26-12(7)13(19)23-15(20)24-26;1-2-4-8(7-9)5-3-6-8;1-3-2/h2-4,11H,5H2,1H3,(H4,19,20,23,24);7H,2-6H2,1H3;3H,1-2H3. The van der Waals surface area contributed by atoms with Gasteiger partial charge in [0.1, 0.15) is 31.0 Å². The van der Waals surface area contributed by atoms with E-state index in [2.05, 4.69) is 32.3 Å². The summed E-state index contributed by atoms with van der Waals surface area (Å²) in [5.41, 5.74) is 14.4. The van der Waals surface area contributed by atoms with Crippen LogP contribution in [-0.2, 0) is 11.3 Å². The molecule has 0 amide bonds. The fourth-order valence-electron chi connectivity index (χ4n) is 4.55. The second-order valence-corrected chi connectivity index (χ2v) is 9.38. The molecule has 0 bridgehead atoms. The molecule has 0 saturated heterocycles. The van der Waals surface area contributed by atoms with Crippen molar-refractivity contribution in [2.75, 3.05) is 25.6 Å². The number of aryl methyl sites for hydroxylation is 1. The molecule has 4 aromatic rings. The van der Waals surface area contributed by atoms with E-state index in [9.17, 15) is 13.6 Å². The molecule has 0 aromatic carbocycles. The van der Waals surface area contributed by atoms with Crippen LogP contribution in [0.25, 0.3) is 27.9 Å². The number of carbonyl (C=O) groups excluding carboxylic acids is 1. The van der Waals surface area contributed by atoms with Gasteiger partial charge >= 0.3 is 0 Å². The minimum atomic E-state index is -2.52. The Morgan fingerprint density at radius 1 is 1.21 bits per heavy atom. The van der Waals surface area contributed by atoms with Crippen LogP contribution >= 0.6 is 0 Å². The molecule has 38 heavy (non-hydrogen) atoms. The molecule has 1 fully saturated rings. The van der Waals surface area contributed by atoms with Crippen molar-refractivity contribution >= 4 is 48.2 Å². The van der Waals surface area contributed by atoms with Crippen LogP contribution in [0.1, 0.15) is 44.9 Å². The molecular weight excluding hydrogens is 491 g/mol. The molecule has 0 unspecified atom stereocenters. The highest BCUT2D eigenvalue weighted by molar-refractivity contribution is 6.32. The molecule has 4 heterocycles. The molecule has 5 N–H and O–H groups in total. The summed E-state index contributed by atoms with van der Waals surface area (Å²) in [5.74, 6) is 0.586. The highest BCUT2D eigenvalue weighted by Gasteiger charge is 2.35. The third-order valence-electron chi connectivity index (χ3n) is 6.41. The summed E-state index contributed by atoms with van der Waals surface area (Å²) in [6.07, 6.45) is 4.46. The number of nitrogens with one attached hydrogen (secondary N) is 1. The minimum Gasteiger partial charge on any atom is -0.382 e. The van der Waals surface area contributed by atoms with Crippen LogP contribution in [0.2, 0.25) is 0 Å². The summed E-state index contributed by atoms with van der Waals surface area (Å²) in [5, 5.41) is 6.79. The number of hydrogen-bond donors (Lipinski definition) is 3. The van der Waals surface area contributed by atoms with E-state index >= 15 is 0 Å². The third-order valence-corrected chi connectivity index (χ3v) is 6.41. The van der Waals surface area contributed by atoms with Gasteiger partial charge in [0.05, 0.1) is 12.2 Å². The Labute approximate surface area is 221 Å². The molecular formula is C25H34BF2N9O. The van der Waals surface area contributed by atoms with Crippen molar-refractivity contribution in [3.8, 4) is 11.3 Å². The van der Waals surface area contributed by atoms with Crippen molar-refractivity contribution in [3.63, 3.8) is 0 Å². The minimum absolute atomic E-state index is 0.0158. The lowest BCUT2D eigenvalue weighted by atomic mass is 9.67. The van der Waals surface area contributed by atoms with Crippen LogP contribution in [0, 0.1) is 12.3 Å². The lowest BCUT2D eigenvalue weighted by Gasteiger charge is -2.36. The zero-order chi connectivity index (χ0) is 28.0. The molecule has 1 aliphatic rings. The van der Waals surface area contributed by atoms with Crippen molar-refractivity contribution in [2.24, 2.45) is 5.41 Å². The second kappa shape index (κ2) is 12.3. The highest BCUT2D eigenvalue weighted by Crippen LogP contribution is 2.42. The summed E-state index contributed by atoms with van der Waals surface area (Å²) in [6, 6.07) is 5.06. The van der Waals surface area contributed by atoms with Crippen molar-refractivity contribution in [2.45, 2.75) is 58.9 Å². The summed E-state index contributed by atoms with van der Waals surface area (Å²) in [6.45, 7) is 3.31. The Morgan fingerprint density at radius 3 is 2.42 bits per heavy atom. The molecule has 1 saturated carbocycles. The van der Waals surface area contributed by atoms with Gasteiger partial charge in [0.25, 0.3) is 6.43 Å². The van der Waals surface area contributed by atoms with Gasteiger partial charge in [-0.1, -0.05) is 19.8 Å². The van der Waals surface area contributed by atoms with E-state index in [1.54, 1.807) is 25.1 Å². The lowest BCUT2D eigenvalue weighted by molar-refractivity contribution is -0.120. The number of imidazole rings is 1. The first-order valence-corrected chi connectivity index (χ1v) is 12.5. The maximum absolute atomic E-state index is 12.9. The Kier molecular flexibility index (Phi) is 9.37. The number of fused-ring (bicyclic) bond motifs is 2. The quantitative estimate of drug-likeness (QED) is 0.258. The Hall–Kier alpha value is -3.61. The van der Waals surface area contributed by atoms with Crippen LogP contribution < -0.4 is 22.4 Å². The molecule has 202 valence electrons. The maximum Gasteiger partial charge on any atom is 0.256 e. The summed E-state index contributed by atoms with van der Waals surface area (Å²) in [4.78, 5) is 23.2. The lowest BCUT2D eigenvalue weighted by Crippen LogP contribution is -2.30. The van der Waals surface area contributed by atoms with Gasteiger partial charge in [-0.25, -0.2) is 23.3 Å². The number of aromatic nitrogens is 6. The molecule has 0 spiro atoms. The van der Waals surface area contributed by atoms with Gasteiger partial charge in [0, 0.05) is 11.0 Å². The van der Waals surface area contributed by atoms with Gasteiger partial charge in [-0.2, -0.15) is 4.98 Å². The fraction of sp³-hybridized carbons (Fsp3) is 0.480. The van der Waals surface area contributed by atoms with Crippen LogP contribution in [0.15, 0.2) is 18.2 Å². The van der Waals surface area contributed by atoms with Gasteiger partial charge in [0.2, 0.25) is 5.95 Å². The van der Waals surface area contributed by atoms with Crippen molar-refractivity contribution in [1.82, 2.24) is 34.4 Å². The fourth-order valence-corrected chi connectivity index (χ4v) is 4.55. The zero-order valence-electron chi connectivity index (χ0n) is 22.2. The largest absolute Gasteiger partial charge is 0.382 e. The maximum atomic E-state index is 12.9. The van der Waals surface area contributed by atoms with E-state index in [-0.39, 0.29) is 17.2 Å². The number of alkyl halides is 2. The molecule has 1 aliphatic carbocycles. The number of halogens is 2. The monoisotopic (exact) mass is 525 g/mol. The van der Waals surface area contributed by atoms with Gasteiger partial charge in [0.15, 0.2) is 11.5 Å². The van der Waals surface area contributed by atoms with E-state index < -0.39 is 13.0 Å². The van der Waals surface area contributed by atoms with E-state index in [0.717, 1.165) is 25.7 Å². The van der Waals surface area contributed by atoms with Crippen LogP contribution in [0.5, 0.6) is 0 Å². The first-order chi connectivity index (χ1) is 18.1. The number of rotatable bonds is 6. The molecule has 4 aromatic heterocycles. The molecule has 5 rings (SSSR count). The predicted molar refractivity (Wildman–Crippen MR) is 147 cm³/mol. The van der Waals surface area contributed by atoms with Gasteiger partial charge in [-0.3, -0.25) is 0 Å². The Bertz CT molecular complexity index is 1400. The average molecular weight is 525 g/mol. The van der Waals surface area contributed by atoms with Gasteiger partial charge in [-0.15, -0.1) is 5.10 Å². The first kappa shape index (κ1) is 29.0. The number of carbonyl (C=O) groups is 1. The van der Waals surface area contributed by atoms with Gasteiger partial charge < -0.3 is 26.1 Å². The zero-order valence-corrected chi connectivity index (χ0v) is 22.2. The number of anilines is 2. The third kappa shape index (κ3) is 6.09. The van der Waals surface area contributed by atoms with Crippen LogP contribution in [-0.4, -0.2) is 63.8 Å². The predicted octanol–water partition coefficient (Wildman–Crippen LogP) is 2.66. The van der Waals surface area contributed by atoms with Crippen LogP contribution in [0.3, 0.4) is 0 Å². The molecule has 10 nitrogen and oxygen atoms in total. The summed E-state index contributed by atoms with van der Waals surface area (Å²) >= 11 is 0. The van der Waals surface area contributed by atoms with Gasteiger partial charge in [-0.05, 0) is 64.1 Å². The first-order valence-electron chi connectivity index (χ1n) is 12.5. The molecule has 2 radical (unpaired) electrons. The Balaban J connectivity index is 0.000000278. The smallest absolute Gasteiger partial charge is 0.256 e. The highest BCUT2D eigenvalue weighted by atomic mass is 19.3. The average Bonchev–Trinajstić information content (AvgIpc) is 3.33. The van der Waals surface area contributed by atoms with Crippen LogP contribution in [0.4, 0.5) is 20.5 Å². The number of nitrogens with two attached hydrogens (primary N) is 2. The summed E-state index contributed by atoms with van der Waals surface area (Å²) in [7, 11) is 9.73. The van der Waals surface area contributed by atoms with E-state index in [4.69, 9.17) is 19.3 Å². The Morgan fingerprint density at radius 2 is 1.89 bits per heavy atom. The second-order valence-electron chi connectivity index (χ2n) is 9.38. The van der Waals surface area contributed by atoms with E-state index in [1.807, 2.05) is 14.1 Å². The molecule has 0 atom stereocenters. The number of hydrogen-bond acceptors (Lipinski definition) is 8. The normalized spacial score (nSPS) is 14.0. The van der Waals surface area contributed by atoms with Crippen molar-refractivity contribution < 1.29 is 13.6 Å². The number of nitrogens with zero attached hydrogens (tertiary/aromatic N) is 6. The summed E-state index contributed by atoms with van der Waals surface area (Å²) < 4.78 is 28.5. The number of aldehydes is 1. The van der Waals surface area contributed by atoms with E-state index in [1.165, 1.54) is 21.8 Å². The number of pyridine rings is 1. The SMILES string of the molecule is CCCC1(C=O)CCC1.CNC.[B]c1cc(-c2ccc3nc(C)n(CC(F)F)c3n2)c2c(N)nc(N)nn12. The molecule has 0 aliphatic heterocycles. The van der Waals surface area contributed by atoms with Crippen molar-refractivity contribution in [3.05, 3.63) is 24.0 Å². The van der Waals surface area contributed by atoms with E-state index in [0.29, 0.717) is 39.4 Å². The van der Waals surface area contributed by atoms with Crippen molar-refractivity contribution in [1.29, 1.82) is 0 Å².